The van der Waals surface area contributed by atoms with E-state index in [1.54, 1.807) is 0 Å². The molecule has 3 nitrogen and oxygen atoms in total. The number of rotatable bonds is 3. The second-order valence-electron chi connectivity index (χ2n) is 3.75. The highest BCUT2D eigenvalue weighted by Crippen LogP contribution is 2.19. The standard InChI is InChI=1S/C11H15BrN2O/c1-8-6-9(12)4-5-10(8)13-11(15)7-14(2)3/h4-6H,7H2,1-3H3,(H,13,15). The highest BCUT2D eigenvalue weighted by Gasteiger charge is 2.05. The van der Waals surface area contributed by atoms with Gasteiger partial charge in [0, 0.05) is 10.2 Å². The third-order valence-electron chi connectivity index (χ3n) is 1.92. The third kappa shape index (κ3) is 4.01. The molecule has 0 aliphatic heterocycles. The Hall–Kier alpha value is -0.870. The molecule has 1 N–H and O–H groups in total. The lowest BCUT2D eigenvalue weighted by atomic mass is 10.2. The topological polar surface area (TPSA) is 32.3 Å². The Kier molecular flexibility index (Phi) is 4.29. The van der Waals surface area contributed by atoms with Gasteiger partial charge in [0.05, 0.1) is 6.54 Å². The Bertz CT molecular complexity index is 364. The number of amides is 1. The minimum Gasteiger partial charge on any atom is -0.325 e. The molecule has 0 atom stereocenters. The number of nitrogens with one attached hydrogen (secondary N) is 1. The van der Waals surface area contributed by atoms with Gasteiger partial charge >= 0.3 is 0 Å². The van der Waals surface area contributed by atoms with Crippen LogP contribution < -0.4 is 5.32 Å². The van der Waals surface area contributed by atoms with E-state index in [4.69, 9.17) is 0 Å². The summed E-state index contributed by atoms with van der Waals surface area (Å²) in [5, 5.41) is 2.87. The highest BCUT2D eigenvalue weighted by molar-refractivity contribution is 9.10. The maximum atomic E-state index is 11.5. The monoisotopic (exact) mass is 270 g/mol. The second kappa shape index (κ2) is 5.28. The lowest BCUT2D eigenvalue weighted by molar-refractivity contribution is -0.116. The highest BCUT2D eigenvalue weighted by atomic mass is 79.9. The number of hydrogen-bond donors (Lipinski definition) is 1. The van der Waals surface area contributed by atoms with Crippen molar-refractivity contribution >= 4 is 27.5 Å². The molecule has 0 fully saturated rings. The Morgan fingerprint density at radius 2 is 2.13 bits per heavy atom. The molecular weight excluding hydrogens is 256 g/mol. The van der Waals surface area contributed by atoms with E-state index in [2.05, 4.69) is 21.2 Å². The van der Waals surface area contributed by atoms with Crippen LogP contribution in [0.3, 0.4) is 0 Å². The molecule has 0 aliphatic rings. The van der Waals surface area contributed by atoms with E-state index in [1.165, 1.54) is 0 Å². The number of benzene rings is 1. The van der Waals surface area contributed by atoms with Gasteiger partial charge in [0.25, 0.3) is 0 Å². The van der Waals surface area contributed by atoms with Crippen molar-refractivity contribution in [3.8, 4) is 0 Å². The Balaban J connectivity index is 2.68. The molecule has 0 unspecified atom stereocenters. The minimum atomic E-state index is 0.00502. The number of nitrogens with zero attached hydrogens (tertiary/aromatic N) is 1. The number of aryl methyl sites for hydroxylation is 1. The van der Waals surface area contributed by atoms with Crippen molar-refractivity contribution in [3.05, 3.63) is 28.2 Å². The molecule has 15 heavy (non-hydrogen) atoms. The van der Waals surface area contributed by atoms with E-state index < -0.39 is 0 Å². The largest absolute Gasteiger partial charge is 0.325 e. The van der Waals surface area contributed by atoms with Crippen LogP contribution in [0.1, 0.15) is 5.56 Å². The number of halogens is 1. The predicted molar refractivity (Wildman–Crippen MR) is 66.1 cm³/mol. The van der Waals surface area contributed by atoms with Crippen molar-refractivity contribution in [2.45, 2.75) is 6.92 Å². The summed E-state index contributed by atoms with van der Waals surface area (Å²) < 4.78 is 1.02. The normalized spacial score (nSPS) is 10.5. The van der Waals surface area contributed by atoms with Gasteiger partial charge in [-0.2, -0.15) is 0 Å². The van der Waals surface area contributed by atoms with Gasteiger partial charge in [-0.3, -0.25) is 4.79 Å². The molecule has 82 valence electrons. The number of likely N-dealkylation sites (N-methyl/N-ethyl adjacent to an activating group) is 1. The SMILES string of the molecule is Cc1cc(Br)ccc1NC(=O)CN(C)C. The van der Waals surface area contributed by atoms with E-state index in [9.17, 15) is 4.79 Å². The molecule has 0 saturated carbocycles. The Morgan fingerprint density at radius 3 is 2.67 bits per heavy atom. The van der Waals surface area contributed by atoms with Crippen LogP contribution in [-0.4, -0.2) is 31.4 Å². The average molecular weight is 271 g/mol. The molecule has 0 bridgehead atoms. The molecule has 1 rings (SSSR count). The smallest absolute Gasteiger partial charge is 0.238 e. The maximum absolute atomic E-state index is 11.5. The van der Waals surface area contributed by atoms with Crippen LogP contribution in [0, 0.1) is 6.92 Å². The van der Waals surface area contributed by atoms with E-state index >= 15 is 0 Å². The van der Waals surface area contributed by atoms with Crippen LogP contribution in [0.15, 0.2) is 22.7 Å². The summed E-state index contributed by atoms with van der Waals surface area (Å²) in [6, 6.07) is 5.79. The minimum absolute atomic E-state index is 0.00502. The summed E-state index contributed by atoms with van der Waals surface area (Å²) in [7, 11) is 3.74. The third-order valence-corrected chi connectivity index (χ3v) is 2.42. The van der Waals surface area contributed by atoms with Gasteiger partial charge < -0.3 is 10.2 Å². The van der Waals surface area contributed by atoms with Crippen LogP contribution in [0.4, 0.5) is 5.69 Å². The van der Waals surface area contributed by atoms with E-state index in [0.717, 1.165) is 15.7 Å². The van der Waals surface area contributed by atoms with Crippen molar-refractivity contribution < 1.29 is 4.79 Å². The molecule has 0 aromatic heterocycles. The fourth-order valence-corrected chi connectivity index (χ4v) is 1.72. The van der Waals surface area contributed by atoms with Crippen molar-refractivity contribution in [1.82, 2.24) is 4.90 Å². The van der Waals surface area contributed by atoms with Gasteiger partial charge in [0.1, 0.15) is 0 Å². The maximum Gasteiger partial charge on any atom is 0.238 e. The second-order valence-corrected chi connectivity index (χ2v) is 4.66. The Labute approximate surface area is 98.6 Å². The molecule has 1 aromatic rings. The zero-order valence-corrected chi connectivity index (χ0v) is 10.8. The first-order valence-electron chi connectivity index (χ1n) is 4.70. The van der Waals surface area contributed by atoms with E-state index in [-0.39, 0.29) is 5.91 Å². The molecule has 0 saturated heterocycles. The zero-order valence-electron chi connectivity index (χ0n) is 9.17. The quantitative estimate of drug-likeness (QED) is 0.914. The van der Waals surface area contributed by atoms with Gasteiger partial charge in [-0.25, -0.2) is 0 Å². The number of carbonyl (C=O) groups excluding carboxylic acids is 1. The summed E-state index contributed by atoms with van der Waals surface area (Å²) in [6.07, 6.45) is 0. The number of carbonyl (C=O) groups is 1. The summed E-state index contributed by atoms with van der Waals surface area (Å²) >= 11 is 3.38. The lowest BCUT2D eigenvalue weighted by Crippen LogP contribution is -2.27. The molecule has 0 aliphatic carbocycles. The summed E-state index contributed by atoms with van der Waals surface area (Å²) in [6.45, 7) is 2.37. The zero-order chi connectivity index (χ0) is 11.4. The first-order valence-corrected chi connectivity index (χ1v) is 5.49. The number of hydrogen-bond acceptors (Lipinski definition) is 2. The van der Waals surface area contributed by atoms with Gasteiger partial charge in [0.2, 0.25) is 5.91 Å². The fourth-order valence-electron chi connectivity index (χ4n) is 1.24. The molecular formula is C11H15BrN2O. The molecule has 0 heterocycles. The van der Waals surface area contributed by atoms with Crippen LogP contribution in [0.2, 0.25) is 0 Å². The van der Waals surface area contributed by atoms with Gasteiger partial charge in [-0.05, 0) is 44.8 Å². The molecule has 0 spiro atoms. The van der Waals surface area contributed by atoms with Crippen LogP contribution >= 0.6 is 15.9 Å². The summed E-state index contributed by atoms with van der Waals surface area (Å²) in [5.41, 5.74) is 1.92. The first kappa shape index (κ1) is 12.2. The molecule has 4 heteroatoms. The van der Waals surface area contributed by atoms with Crippen molar-refractivity contribution in [2.24, 2.45) is 0 Å². The Morgan fingerprint density at radius 1 is 1.47 bits per heavy atom. The first-order chi connectivity index (χ1) is 6.99. The van der Waals surface area contributed by atoms with Crippen molar-refractivity contribution in [3.63, 3.8) is 0 Å². The van der Waals surface area contributed by atoms with Gasteiger partial charge in [-0.15, -0.1) is 0 Å². The molecule has 1 amide bonds. The van der Waals surface area contributed by atoms with E-state index in [1.807, 2.05) is 44.1 Å². The van der Waals surface area contributed by atoms with Crippen LogP contribution in [0.5, 0.6) is 0 Å². The number of anilines is 1. The summed E-state index contributed by atoms with van der Waals surface area (Å²) in [5.74, 6) is 0.00502. The van der Waals surface area contributed by atoms with Crippen LogP contribution in [0.25, 0.3) is 0 Å². The van der Waals surface area contributed by atoms with Crippen molar-refractivity contribution in [1.29, 1.82) is 0 Å². The molecule has 0 radical (unpaired) electrons. The van der Waals surface area contributed by atoms with E-state index in [0.29, 0.717) is 6.54 Å². The summed E-state index contributed by atoms with van der Waals surface area (Å²) in [4.78, 5) is 13.3. The fraction of sp³-hybridized carbons (Fsp3) is 0.364. The molecule has 1 aromatic carbocycles. The predicted octanol–water partition coefficient (Wildman–Crippen LogP) is 2.26. The van der Waals surface area contributed by atoms with Gasteiger partial charge in [-0.1, -0.05) is 15.9 Å². The van der Waals surface area contributed by atoms with Gasteiger partial charge in [0.15, 0.2) is 0 Å². The van der Waals surface area contributed by atoms with Crippen molar-refractivity contribution in [2.75, 3.05) is 26.0 Å². The average Bonchev–Trinajstić information content (AvgIpc) is 2.08. The van der Waals surface area contributed by atoms with Crippen LogP contribution in [-0.2, 0) is 4.79 Å². The lowest BCUT2D eigenvalue weighted by Gasteiger charge is -2.11.